The van der Waals surface area contributed by atoms with Crippen molar-refractivity contribution in [2.45, 2.75) is 20.0 Å². The van der Waals surface area contributed by atoms with Gasteiger partial charge in [-0.2, -0.15) is 0 Å². The predicted molar refractivity (Wildman–Crippen MR) is 82.0 cm³/mol. The van der Waals surface area contributed by atoms with E-state index in [4.69, 9.17) is 5.73 Å². The monoisotopic (exact) mass is 282 g/mol. The fraction of sp³-hybridized carbons (Fsp3) is 0.176. The lowest BCUT2D eigenvalue weighted by Gasteiger charge is -2.06. The van der Waals surface area contributed by atoms with Gasteiger partial charge in [0.2, 0.25) is 0 Å². The lowest BCUT2D eigenvalue weighted by Crippen LogP contribution is -2.22. The molecule has 108 valence electrons. The topological polar surface area (TPSA) is 72.2 Å². The van der Waals surface area contributed by atoms with Crippen LogP contribution in [0.15, 0.2) is 48.5 Å². The van der Waals surface area contributed by atoms with Crippen molar-refractivity contribution in [3.63, 3.8) is 0 Å². The average molecular weight is 282 g/mol. The van der Waals surface area contributed by atoms with E-state index in [1.807, 2.05) is 24.3 Å². The molecule has 1 amide bonds. The van der Waals surface area contributed by atoms with Crippen LogP contribution in [0.5, 0.6) is 0 Å². The summed E-state index contributed by atoms with van der Waals surface area (Å²) in [5, 5.41) is 2.85. The summed E-state index contributed by atoms with van der Waals surface area (Å²) in [6.07, 6.45) is 0. The summed E-state index contributed by atoms with van der Waals surface area (Å²) < 4.78 is 0. The average Bonchev–Trinajstić information content (AvgIpc) is 2.53. The van der Waals surface area contributed by atoms with Crippen molar-refractivity contribution in [3.8, 4) is 0 Å². The minimum atomic E-state index is -0.130. The van der Waals surface area contributed by atoms with Crippen molar-refractivity contribution in [1.29, 1.82) is 0 Å². The van der Waals surface area contributed by atoms with Crippen LogP contribution < -0.4 is 11.1 Å². The number of benzene rings is 2. The molecule has 0 spiro atoms. The highest BCUT2D eigenvalue weighted by molar-refractivity contribution is 5.94. The number of amides is 1. The summed E-state index contributed by atoms with van der Waals surface area (Å²) in [6.45, 7) is 2.42. The lowest BCUT2D eigenvalue weighted by atomic mass is 10.1. The second-order valence-corrected chi connectivity index (χ2v) is 4.84. The maximum Gasteiger partial charge on any atom is 0.251 e. The van der Waals surface area contributed by atoms with Crippen LogP contribution in [0, 0.1) is 0 Å². The third-order valence-electron chi connectivity index (χ3n) is 3.27. The minimum Gasteiger partial charge on any atom is -0.348 e. The highest BCUT2D eigenvalue weighted by Crippen LogP contribution is 2.07. The van der Waals surface area contributed by atoms with Gasteiger partial charge < -0.3 is 11.1 Å². The van der Waals surface area contributed by atoms with Crippen molar-refractivity contribution in [3.05, 3.63) is 70.8 Å². The Morgan fingerprint density at radius 3 is 1.95 bits per heavy atom. The Hall–Kier alpha value is -2.46. The van der Waals surface area contributed by atoms with Gasteiger partial charge in [0.15, 0.2) is 5.78 Å². The van der Waals surface area contributed by atoms with Crippen molar-refractivity contribution in [2.75, 3.05) is 0 Å². The molecule has 0 atom stereocenters. The molecule has 3 N–H and O–H groups in total. The van der Waals surface area contributed by atoms with Crippen molar-refractivity contribution in [2.24, 2.45) is 5.73 Å². The number of hydrogen-bond donors (Lipinski definition) is 2. The van der Waals surface area contributed by atoms with Gasteiger partial charge in [-0.15, -0.1) is 0 Å². The molecule has 2 rings (SSSR count). The zero-order chi connectivity index (χ0) is 15.2. The first kappa shape index (κ1) is 14.9. The van der Waals surface area contributed by atoms with Crippen LogP contribution in [-0.4, -0.2) is 11.7 Å². The van der Waals surface area contributed by atoms with Crippen LogP contribution in [0.1, 0.15) is 38.8 Å². The van der Waals surface area contributed by atoms with Gasteiger partial charge in [0, 0.05) is 24.2 Å². The Bertz CT molecular complexity index is 631. The van der Waals surface area contributed by atoms with Crippen LogP contribution >= 0.6 is 0 Å². The molecular weight excluding hydrogens is 264 g/mol. The fourth-order valence-electron chi connectivity index (χ4n) is 1.93. The molecular formula is C17H18N2O2. The van der Waals surface area contributed by atoms with Crippen LogP contribution in [0.25, 0.3) is 0 Å². The van der Waals surface area contributed by atoms with E-state index in [2.05, 4.69) is 5.32 Å². The second kappa shape index (κ2) is 6.81. The SMILES string of the molecule is CC(=O)c1ccc(CNC(=O)c2ccc(CN)cc2)cc1. The van der Waals surface area contributed by atoms with E-state index < -0.39 is 0 Å². The smallest absolute Gasteiger partial charge is 0.251 e. The first-order valence-corrected chi connectivity index (χ1v) is 6.77. The highest BCUT2D eigenvalue weighted by atomic mass is 16.1. The summed E-state index contributed by atoms with van der Waals surface area (Å²) in [7, 11) is 0. The van der Waals surface area contributed by atoms with Crippen LogP contribution in [0.2, 0.25) is 0 Å². The first-order chi connectivity index (χ1) is 10.1. The molecule has 0 fully saturated rings. The van der Waals surface area contributed by atoms with E-state index >= 15 is 0 Å². The number of carbonyl (C=O) groups is 2. The van der Waals surface area contributed by atoms with Gasteiger partial charge in [-0.05, 0) is 30.2 Å². The molecule has 4 heteroatoms. The molecule has 0 saturated heterocycles. The number of rotatable bonds is 5. The summed E-state index contributed by atoms with van der Waals surface area (Å²) in [4.78, 5) is 23.2. The van der Waals surface area contributed by atoms with Crippen molar-refractivity contribution >= 4 is 11.7 Å². The molecule has 2 aromatic rings. The van der Waals surface area contributed by atoms with E-state index in [0.717, 1.165) is 11.1 Å². The molecule has 0 aliphatic carbocycles. The van der Waals surface area contributed by atoms with Gasteiger partial charge in [-0.3, -0.25) is 9.59 Å². The second-order valence-electron chi connectivity index (χ2n) is 4.84. The Kier molecular flexibility index (Phi) is 4.85. The first-order valence-electron chi connectivity index (χ1n) is 6.77. The summed E-state index contributed by atoms with van der Waals surface area (Å²) >= 11 is 0. The number of Topliss-reactive ketones (excluding diaryl/α,β-unsaturated/α-hetero) is 1. The van der Waals surface area contributed by atoms with Crippen LogP contribution in [0.4, 0.5) is 0 Å². The number of nitrogens with two attached hydrogens (primary N) is 1. The standard InChI is InChI=1S/C17H18N2O2/c1-12(20)15-6-4-14(5-7-15)11-19-17(21)16-8-2-13(10-18)3-9-16/h2-9H,10-11,18H2,1H3,(H,19,21). The van der Waals surface area contributed by atoms with Gasteiger partial charge in [0.1, 0.15) is 0 Å². The highest BCUT2D eigenvalue weighted by Gasteiger charge is 2.05. The minimum absolute atomic E-state index is 0.0329. The number of carbonyl (C=O) groups excluding carboxylic acids is 2. The Balaban J connectivity index is 1.95. The maximum absolute atomic E-state index is 12.0. The van der Waals surface area contributed by atoms with Crippen LogP contribution in [0.3, 0.4) is 0 Å². The summed E-state index contributed by atoms with van der Waals surface area (Å²) in [5.41, 5.74) is 8.74. The maximum atomic E-state index is 12.0. The van der Waals surface area contributed by atoms with E-state index in [-0.39, 0.29) is 11.7 Å². The van der Waals surface area contributed by atoms with Crippen molar-refractivity contribution < 1.29 is 9.59 Å². The van der Waals surface area contributed by atoms with Crippen molar-refractivity contribution in [1.82, 2.24) is 5.32 Å². The zero-order valence-corrected chi connectivity index (χ0v) is 11.9. The zero-order valence-electron chi connectivity index (χ0n) is 11.9. The third-order valence-corrected chi connectivity index (χ3v) is 3.27. The third kappa shape index (κ3) is 4.00. The molecule has 0 aliphatic rings. The number of hydrogen-bond acceptors (Lipinski definition) is 3. The summed E-state index contributed by atoms with van der Waals surface area (Å²) in [6, 6.07) is 14.4. The fourth-order valence-corrected chi connectivity index (χ4v) is 1.93. The van der Waals surface area contributed by atoms with Gasteiger partial charge >= 0.3 is 0 Å². The van der Waals surface area contributed by atoms with E-state index in [1.54, 1.807) is 24.3 Å². The Morgan fingerprint density at radius 2 is 1.43 bits per heavy atom. The largest absolute Gasteiger partial charge is 0.348 e. The molecule has 0 unspecified atom stereocenters. The molecule has 0 radical (unpaired) electrons. The quantitative estimate of drug-likeness (QED) is 0.826. The summed E-state index contributed by atoms with van der Waals surface area (Å²) in [5.74, 6) is -0.0974. The molecule has 4 nitrogen and oxygen atoms in total. The molecule has 0 aliphatic heterocycles. The van der Waals surface area contributed by atoms with Gasteiger partial charge in [0.05, 0.1) is 0 Å². The van der Waals surface area contributed by atoms with Gasteiger partial charge in [0.25, 0.3) is 5.91 Å². The lowest BCUT2D eigenvalue weighted by molar-refractivity contribution is 0.0949. The van der Waals surface area contributed by atoms with Gasteiger partial charge in [-0.25, -0.2) is 0 Å². The predicted octanol–water partition coefficient (Wildman–Crippen LogP) is 2.28. The van der Waals surface area contributed by atoms with Crippen LogP contribution in [-0.2, 0) is 13.1 Å². The van der Waals surface area contributed by atoms with E-state index in [1.165, 1.54) is 6.92 Å². The molecule has 21 heavy (non-hydrogen) atoms. The molecule has 0 saturated carbocycles. The molecule has 0 aromatic heterocycles. The van der Waals surface area contributed by atoms with E-state index in [0.29, 0.717) is 24.2 Å². The molecule has 0 heterocycles. The molecule has 0 bridgehead atoms. The Labute approximate surface area is 124 Å². The molecule has 2 aromatic carbocycles. The number of ketones is 1. The normalized spacial score (nSPS) is 10.2. The van der Waals surface area contributed by atoms with E-state index in [9.17, 15) is 9.59 Å². The Morgan fingerprint density at radius 1 is 0.905 bits per heavy atom. The van der Waals surface area contributed by atoms with Gasteiger partial charge in [-0.1, -0.05) is 36.4 Å². The number of nitrogens with one attached hydrogen (secondary N) is 1.